The van der Waals surface area contributed by atoms with Crippen LogP contribution < -0.4 is 16.0 Å². The van der Waals surface area contributed by atoms with Gasteiger partial charge >= 0.3 is 0 Å². The topological polar surface area (TPSA) is 57.2 Å². The molecule has 4 nitrogen and oxygen atoms in total. The molecular weight excluding hydrogens is 276 g/mol. The van der Waals surface area contributed by atoms with Crippen molar-refractivity contribution in [1.29, 1.82) is 0 Å². The van der Waals surface area contributed by atoms with Crippen LogP contribution in [0.1, 0.15) is 32.3 Å². The maximum atomic E-state index is 12.6. The Morgan fingerprint density at radius 3 is 2.55 bits per heavy atom. The molecule has 0 aliphatic carbocycles. The van der Waals surface area contributed by atoms with Gasteiger partial charge in [0.15, 0.2) is 0 Å². The Kier molecular flexibility index (Phi) is 5.78. The lowest BCUT2D eigenvalue weighted by Gasteiger charge is -2.17. The van der Waals surface area contributed by atoms with Gasteiger partial charge in [-0.25, -0.2) is 0 Å². The zero-order chi connectivity index (χ0) is 15.9. The third-order valence-electron chi connectivity index (χ3n) is 3.54. The van der Waals surface area contributed by atoms with Gasteiger partial charge in [0.2, 0.25) is 0 Å². The molecule has 4 heteroatoms. The van der Waals surface area contributed by atoms with E-state index in [-0.39, 0.29) is 12.1 Å². The first-order valence-corrected chi connectivity index (χ1v) is 7.87. The molecule has 118 valence electrons. The molecule has 1 aromatic carbocycles. The van der Waals surface area contributed by atoms with Crippen molar-refractivity contribution in [3.63, 3.8) is 0 Å². The van der Waals surface area contributed by atoms with Crippen LogP contribution in [0, 0.1) is 0 Å². The average molecular weight is 300 g/mol. The van der Waals surface area contributed by atoms with Crippen molar-refractivity contribution in [2.45, 2.75) is 39.8 Å². The monoisotopic (exact) mass is 300 g/mol. The summed E-state index contributed by atoms with van der Waals surface area (Å²) in [4.78, 5) is 12.6. The second-order valence-corrected chi connectivity index (χ2v) is 5.25. The van der Waals surface area contributed by atoms with Crippen molar-refractivity contribution in [2.75, 3.05) is 6.61 Å². The van der Waals surface area contributed by atoms with Crippen molar-refractivity contribution >= 4 is 0 Å². The summed E-state index contributed by atoms with van der Waals surface area (Å²) < 4.78 is 7.63. The molecule has 0 aliphatic heterocycles. The second kappa shape index (κ2) is 7.80. The number of ether oxygens (including phenoxy) is 1. The van der Waals surface area contributed by atoms with Crippen LogP contribution in [0.5, 0.6) is 5.75 Å². The summed E-state index contributed by atoms with van der Waals surface area (Å²) in [5, 5.41) is 0. The fraction of sp³-hybridized carbons (Fsp3) is 0.389. The van der Waals surface area contributed by atoms with Crippen LogP contribution in [0.25, 0.3) is 11.3 Å². The molecule has 0 radical (unpaired) electrons. The lowest BCUT2D eigenvalue weighted by Crippen LogP contribution is -2.26. The average Bonchev–Trinajstić information content (AvgIpc) is 2.55. The molecule has 0 unspecified atom stereocenters. The van der Waals surface area contributed by atoms with Crippen molar-refractivity contribution in [3.8, 4) is 17.0 Å². The summed E-state index contributed by atoms with van der Waals surface area (Å²) in [5.41, 5.74) is 8.13. The van der Waals surface area contributed by atoms with Gasteiger partial charge in [0.1, 0.15) is 5.75 Å². The molecule has 2 N–H and O–H groups in total. The Balaban J connectivity index is 2.57. The number of nitrogens with two attached hydrogens (primary N) is 1. The summed E-state index contributed by atoms with van der Waals surface area (Å²) in [5.74, 6) is 0.814. The molecule has 0 saturated carbocycles. The van der Waals surface area contributed by atoms with Crippen LogP contribution in [0.2, 0.25) is 0 Å². The standard InChI is InChI=1S/C18H24N2O2/c1-3-11-20-16(10-9-14(13-19)18(20)21)15-7-5-6-8-17(15)22-12-4-2/h5-10H,3-4,11-13,19H2,1-2H3. The smallest absolute Gasteiger partial charge is 0.255 e. The molecule has 0 amide bonds. The molecule has 1 heterocycles. The number of rotatable bonds is 7. The lowest BCUT2D eigenvalue weighted by atomic mass is 10.1. The first-order chi connectivity index (χ1) is 10.7. The summed E-state index contributed by atoms with van der Waals surface area (Å²) in [6.45, 7) is 5.73. The van der Waals surface area contributed by atoms with Crippen LogP contribution in [0.3, 0.4) is 0 Å². The molecule has 2 rings (SSSR count). The van der Waals surface area contributed by atoms with Crippen molar-refractivity contribution in [3.05, 3.63) is 52.3 Å². The van der Waals surface area contributed by atoms with E-state index < -0.39 is 0 Å². The van der Waals surface area contributed by atoms with Gasteiger partial charge in [0.05, 0.1) is 12.3 Å². The van der Waals surface area contributed by atoms with Gasteiger partial charge < -0.3 is 15.0 Å². The minimum absolute atomic E-state index is 0.00727. The summed E-state index contributed by atoms with van der Waals surface area (Å²) in [6.07, 6.45) is 1.83. The van der Waals surface area contributed by atoms with Gasteiger partial charge in [0, 0.05) is 24.2 Å². The highest BCUT2D eigenvalue weighted by molar-refractivity contribution is 5.67. The van der Waals surface area contributed by atoms with E-state index in [2.05, 4.69) is 13.8 Å². The third kappa shape index (κ3) is 3.39. The highest BCUT2D eigenvalue weighted by Gasteiger charge is 2.13. The number of aromatic nitrogens is 1. The highest BCUT2D eigenvalue weighted by atomic mass is 16.5. The van der Waals surface area contributed by atoms with Crippen molar-refractivity contribution in [1.82, 2.24) is 4.57 Å². The van der Waals surface area contributed by atoms with Gasteiger partial charge in [-0.1, -0.05) is 32.0 Å². The largest absolute Gasteiger partial charge is 0.493 e. The SMILES string of the molecule is CCCOc1ccccc1-c1ccc(CN)c(=O)n1CCC. The molecular formula is C18H24N2O2. The highest BCUT2D eigenvalue weighted by Crippen LogP contribution is 2.29. The van der Waals surface area contributed by atoms with Crippen LogP contribution in [-0.2, 0) is 13.1 Å². The van der Waals surface area contributed by atoms with Crippen molar-refractivity contribution in [2.24, 2.45) is 5.73 Å². The first-order valence-electron chi connectivity index (χ1n) is 7.87. The zero-order valence-corrected chi connectivity index (χ0v) is 13.3. The van der Waals surface area contributed by atoms with Crippen LogP contribution in [0.4, 0.5) is 0 Å². The molecule has 0 fully saturated rings. The van der Waals surface area contributed by atoms with Gasteiger partial charge in [-0.3, -0.25) is 4.79 Å². The normalized spacial score (nSPS) is 10.7. The van der Waals surface area contributed by atoms with E-state index in [0.29, 0.717) is 18.7 Å². The number of nitrogens with zero attached hydrogens (tertiary/aromatic N) is 1. The van der Waals surface area contributed by atoms with E-state index in [0.717, 1.165) is 29.8 Å². The second-order valence-electron chi connectivity index (χ2n) is 5.25. The number of benzene rings is 1. The molecule has 0 aliphatic rings. The van der Waals surface area contributed by atoms with Crippen molar-refractivity contribution < 1.29 is 4.74 Å². The molecule has 1 aromatic heterocycles. The number of pyridine rings is 1. The van der Waals surface area contributed by atoms with E-state index in [1.165, 1.54) is 0 Å². The van der Waals surface area contributed by atoms with Gasteiger partial charge in [-0.15, -0.1) is 0 Å². The number of para-hydroxylation sites is 1. The maximum Gasteiger partial charge on any atom is 0.255 e. The Bertz CT molecular complexity index is 677. The quantitative estimate of drug-likeness (QED) is 0.854. The lowest BCUT2D eigenvalue weighted by molar-refractivity contribution is 0.318. The van der Waals surface area contributed by atoms with E-state index in [1.807, 2.05) is 36.4 Å². The number of hydrogen-bond donors (Lipinski definition) is 1. The Morgan fingerprint density at radius 2 is 1.86 bits per heavy atom. The zero-order valence-electron chi connectivity index (χ0n) is 13.3. The third-order valence-corrected chi connectivity index (χ3v) is 3.54. The fourth-order valence-electron chi connectivity index (χ4n) is 2.48. The predicted octanol–water partition coefficient (Wildman–Crippen LogP) is 3.17. The molecule has 2 aromatic rings. The molecule has 22 heavy (non-hydrogen) atoms. The first kappa shape index (κ1) is 16.3. The van der Waals surface area contributed by atoms with Gasteiger partial charge in [-0.05, 0) is 31.0 Å². The van der Waals surface area contributed by atoms with Gasteiger partial charge in [0.25, 0.3) is 5.56 Å². The minimum atomic E-state index is -0.00727. The molecule has 0 atom stereocenters. The summed E-state index contributed by atoms with van der Waals surface area (Å²) in [7, 11) is 0. The molecule has 0 spiro atoms. The maximum absolute atomic E-state index is 12.6. The minimum Gasteiger partial charge on any atom is -0.493 e. The van der Waals surface area contributed by atoms with Crippen LogP contribution >= 0.6 is 0 Å². The van der Waals surface area contributed by atoms with E-state index in [1.54, 1.807) is 4.57 Å². The Labute approximate surface area is 131 Å². The Hall–Kier alpha value is -2.07. The van der Waals surface area contributed by atoms with Crippen LogP contribution in [-0.4, -0.2) is 11.2 Å². The van der Waals surface area contributed by atoms with E-state index in [9.17, 15) is 4.79 Å². The van der Waals surface area contributed by atoms with Gasteiger partial charge in [-0.2, -0.15) is 0 Å². The fourth-order valence-corrected chi connectivity index (χ4v) is 2.48. The molecule has 0 saturated heterocycles. The predicted molar refractivity (Wildman–Crippen MR) is 90.1 cm³/mol. The van der Waals surface area contributed by atoms with E-state index in [4.69, 9.17) is 10.5 Å². The summed E-state index contributed by atoms with van der Waals surface area (Å²) in [6, 6.07) is 11.6. The Morgan fingerprint density at radius 1 is 1.09 bits per heavy atom. The summed E-state index contributed by atoms with van der Waals surface area (Å²) >= 11 is 0. The van der Waals surface area contributed by atoms with E-state index >= 15 is 0 Å². The number of hydrogen-bond acceptors (Lipinski definition) is 3. The molecule has 0 bridgehead atoms. The van der Waals surface area contributed by atoms with Crippen LogP contribution in [0.15, 0.2) is 41.2 Å².